The van der Waals surface area contributed by atoms with Gasteiger partial charge in [0.2, 0.25) is 5.91 Å². The van der Waals surface area contributed by atoms with Gasteiger partial charge in [-0.05, 0) is 17.7 Å². The third-order valence-electron chi connectivity index (χ3n) is 1.82. The lowest BCUT2D eigenvalue weighted by atomic mass is 10.1. The number of rotatable bonds is 0. The lowest BCUT2D eigenvalue weighted by molar-refractivity contribution is -0.115. The molecule has 0 radical (unpaired) electrons. The molecule has 2 rings (SSSR count). The second kappa shape index (κ2) is 2.48. The highest BCUT2D eigenvalue weighted by Crippen LogP contribution is 2.34. The molecule has 12 heavy (non-hydrogen) atoms. The molecule has 62 valence electrons. The summed E-state index contributed by atoms with van der Waals surface area (Å²) in [5.74, 6) is -0.546. The lowest BCUT2D eigenvalue weighted by Gasteiger charge is -1.98. The summed E-state index contributed by atoms with van der Waals surface area (Å²) >= 11 is 4.07. The average molecular weight is 183 g/mol. The first-order valence-corrected chi connectivity index (χ1v) is 3.98. The standard InChI is InChI=1S/C8H6FNOS/c9-4-1-2-5-6(3-4)10-8(11)7(5)12/h1-3,7,12H,(H,10,11). The summed E-state index contributed by atoms with van der Waals surface area (Å²) in [7, 11) is 0. The van der Waals surface area contributed by atoms with Crippen molar-refractivity contribution in [1.29, 1.82) is 0 Å². The predicted molar refractivity (Wildman–Crippen MR) is 46.8 cm³/mol. The van der Waals surface area contributed by atoms with E-state index in [0.29, 0.717) is 5.69 Å². The molecule has 0 saturated heterocycles. The number of carbonyl (C=O) groups is 1. The van der Waals surface area contributed by atoms with Gasteiger partial charge >= 0.3 is 0 Å². The number of hydrogen-bond acceptors (Lipinski definition) is 2. The van der Waals surface area contributed by atoms with Crippen molar-refractivity contribution in [3.8, 4) is 0 Å². The molecule has 2 nitrogen and oxygen atoms in total. The molecule has 1 atom stereocenters. The van der Waals surface area contributed by atoms with Crippen LogP contribution in [-0.4, -0.2) is 5.91 Å². The van der Waals surface area contributed by atoms with E-state index in [1.54, 1.807) is 6.07 Å². The van der Waals surface area contributed by atoms with Crippen molar-refractivity contribution in [2.24, 2.45) is 0 Å². The molecule has 1 amide bonds. The Morgan fingerprint density at radius 3 is 3.00 bits per heavy atom. The zero-order chi connectivity index (χ0) is 8.72. The number of carbonyl (C=O) groups excluding carboxylic acids is 1. The quantitative estimate of drug-likeness (QED) is 0.589. The normalized spacial score (nSPS) is 20.5. The van der Waals surface area contributed by atoms with Crippen molar-refractivity contribution in [3.63, 3.8) is 0 Å². The summed E-state index contributed by atoms with van der Waals surface area (Å²) in [6.07, 6.45) is 0. The first kappa shape index (κ1) is 7.61. The van der Waals surface area contributed by atoms with Crippen molar-refractivity contribution in [1.82, 2.24) is 0 Å². The molecule has 1 aromatic carbocycles. The maximum absolute atomic E-state index is 12.6. The minimum atomic E-state index is -0.458. The number of hydrogen-bond donors (Lipinski definition) is 2. The van der Waals surface area contributed by atoms with E-state index in [9.17, 15) is 9.18 Å². The van der Waals surface area contributed by atoms with Gasteiger partial charge in [-0.25, -0.2) is 4.39 Å². The van der Waals surface area contributed by atoms with E-state index in [1.807, 2.05) is 0 Å². The van der Waals surface area contributed by atoms with E-state index in [2.05, 4.69) is 17.9 Å². The second-order valence-corrected chi connectivity index (χ2v) is 3.14. The minimum absolute atomic E-state index is 0.195. The maximum Gasteiger partial charge on any atom is 0.241 e. The molecule has 0 aliphatic carbocycles. The van der Waals surface area contributed by atoms with Gasteiger partial charge in [-0.1, -0.05) is 6.07 Å². The summed E-state index contributed by atoms with van der Waals surface area (Å²) in [4.78, 5) is 11.0. The molecule has 0 fully saturated rings. The lowest BCUT2D eigenvalue weighted by Crippen LogP contribution is -2.06. The number of thiol groups is 1. The minimum Gasteiger partial charge on any atom is -0.324 e. The Labute approximate surface area is 74.2 Å². The Hall–Kier alpha value is -1.03. The molecule has 1 aromatic rings. The van der Waals surface area contributed by atoms with Crippen molar-refractivity contribution >= 4 is 24.2 Å². The van der Waals surface area contributed by atoms with Crippen molar-refractivity contribution < 1.29 is 9.18 Å². The van der Waals surface area contributed by atoms with Crippen LogP contribution in [0.2, 0.25) is 0 Å². The van der Waals surface area contributed by atoms with Gasteiger partial charge in [0.25, 0.3) is 0 Å². The summed E-state index contributed by atoms with van der Waals surface area (Å²) in [6, 6.07) is 4.19. The molecular formula is C8H6FNOS. The van der Waals surface area contributed by atoms with Crippen LogP contribution in [0, 0.1) is 5.82 Å². The maximum atomic E-state index is 12.6. The average Bonchev–Trinajstić information content (AvgIpc) is 2.28. The summed E-state index contributed by atoms with van der Waals surface area (Å²) in [5, 5.41) is 2.07. The number of benzene rings is 1. The molecule has 1 heterocycles. The highest BCUT2D eigenvalue weighted by molar-refractivity contribution is 7.81. The molecular weight excluding hydrogens is 177 g/mol. The van der Waals surface area contributed by atoms with E-state index >= 15 is 0 Å². The van der Waals surface area contributed by atoms with Crippen LogP contribution < -0.4 is 5.32 Å². The zero-order valence-electron chi connectivity index (χ0n) is 6.04. The van der Waals surface area contributed by atoms with Crippen LogP contribution in [0.4, 0.5) is 10.1 Å². The van der Waals surface area contributed by atoms with E-state index in [4.69, 9.17) is 0 Å². The molecule has 1 aliphatic rings. The molecule has 1 aliphatic heterocycles. The van der Waals surface area contributed by atoms with Crippen LogP contribution in [0.15, 0.2) is 18.2 Å². The number of anilines is 1. The fraction of sp³-hybridized carbons (Fsp3) is 0.125. The Kier molecular flexibility index (Phi) is 1.58. The van der Waals surface area contributed by atoms with E-state index in [-0.39, 0.29) is 11.7 Å². The fourth-order valence-electron chi connectivity index (χ4n) is 1.22. The molecule has 1 N–H and O–H groups in total. The molecule has 1 unspecified atom stereocenters. The molecule has 0 spiro atoms. The van der Waals surface area contributed by atoms with Gasteiger partial charge in [-0.2, -0.15) is 12.6 Å². The highest BCUT2D eigenvalue weighted by Gasteiger charge is 2.27. The second-order valence-electron chi connectivity index (χ2n) is 2.62. The summed E-state index contributed by atoms with van der Waals surface area (Å²) in [6.45, 7) is 0. The zero-order valence-corrected chi connectivity index (χ0v) is 6.94. The number of fused-ring (bicyclic) bond motifs is 1. The number of amides is 1. The fourth-order valence-corrected chi connectivity index (χ4v) is 1.51. The van der Waals surface area contributed by atoms with E-state index in [0.717, 1.165) is 5.56 Å². The van der Waals surface area contributed by atoms with Crippen molar-refractivity contribution in [2.75, 3.05) is 5.32 Å². The monoisotopic (exact) mass is 183 g/mol. The smallest absolute Gasteiger partial charge is 0.241 e. The summed E-state index contributed by atoms with van der Waals surface area (Å²) < 4.78 is 12.6. The van der Waals surface area contributed by atoms with Crippen LogP contribution in [0.25, 0.3) is 0 Å². The molecule has 0 saturated carbocycles. The predicted octanol–water partition coefficient (Wildman–Crippen LogP) is 1.75. The largest absolute Gasteiger partial charge is 0.324 e. The van der Waals surface area contributed by atoms with Crippen LogP contribution in [0.5, 0.6) is 0 Å². The van der Waals surface area contributed by atoms with Crippen molar-refractivity contribution in [3.05, 3.63) is 29.6 Å². The number of halogens is 1. The Morgan fingerprint density at radius 2 is 2.25 bits per heavy atom. The third-order valence-corrected chi connectivity index (χ3v) is 2.33. The topological polar surface area (TPSA) is 29.1 Å². The van der Waals surface area contributed by atoms with Gasteiger partial charge in [0, 0.05) is 5.69 Å². The van der Waals surface area contributed by atoms with Crippen molar-refractivity contribution in [2.45, 2.75) is 5.25 Å². The van der Waals surface area contributed by atoms with E-state index in [1.165, 1.54) is 12.1 Å². The highest BCUT2D eigenvalue weighted by atomic mass is 32.1. The molecule has 0 bridgehead atoms. The first-order valence-electron chi connectivity index (χ1n) is 3.47. The third kappa shape index (κ3) is 0.992. The Bertz CT molecular complexity index is 353. The van der Waals surface area contributed by atoms with Gasteiger partial charge < -0.3 is 5.32 Å². The van der Waals surface area contributed by atoms with Gasteiger partial charge in [0.15, 0.2) is 0 Å². The van der Waals surface area contributed by atoms with Gasteiger partial charge in [0.05, 0.1) is 0 Å². The van der Waals surface area contributed by atoms with Gasteiger partial charge in [-0.3, -0.25) is 4.79 Å². The Morgan fingerprint density at radius 1 is 1.50 bits per heavy atom. The van der Waals surface area contributed by atoms with Crippen LogP contribution in [0.1, 0.15) is 10.8 Å². The van der Waals surface area contributed by atoms with E-state index < -0.39 is 5.25 Å². The number of nitrogens with one attached hydrogen (secondary N) is 1. The molecule has 0 aromatic heterocycles. The van der Waals surface area contributed by atoms with Crippen LogP contribution >= 0.6 is 12.6 Å². The van der Waals surface area contributed by atoms with Gasteiger partial charge in [-0.15, -0.1) is 0 Å². The summed E-state index contributed by atoms with van der Waals surface area (Å²) in [5.41, 5.74) is 1.27. The Balaban J connectivity index is 2.54. The van der Waals surface area contributed by atoms with Crippen LogP contribution in [0.3, 0.4) is 0 Å². The molecule has 4 heteroatoms. The van der Waals surface area contributed by atoms with Crippen LogP contribution in [-0.2, 0) is 4.79 Å². The first-order chi connectivity index (χ1) is 5.68. The van der Waals surface area contributed by atoms with Gasteiger partial charge in [0.1, 0.15) is 11.1 Å². The SMILES string of the molecule is O=C1Nc2cc(F)ccc2C1S.